The first-order chi connectivity index (χ1) is 16.1. The molecule has 0 saturated heterocycles. The minimum Gasteiger partial charge on any atom is -1.00 e. The lowest BCUT2D eigenvalue weighted by molar-refractivity contribution is -0.137. The van der Waals surface area contributed by atoms with Crippen molar-refractivity contribution in [3.63, 3.8) is 0 Å². The number of benzene rings is 3. The quantitative estimate of drug-likeness (QED) is 0.164. The molecule has 1 aromatic heterocycles. The number of aryl methyl sites for hydroxylation is 1. The third-order valence-corrected chi connectivity index (χ3v) is 10.7. The van der Waals surface area contributed by atoms with Gasteiger partial charge >= 0.3 is 5.97 Å². The van der Waals surface area contributed by atoms with E-state index >= 15 is 0 Å². The Morgan fingerprint density at radius 3 is 1.74 bits per heavy atom. The SMILES string of the molecule is COC(=O)CSc1nc(C)[nH]c(=O)c1[P+](c1ccccc1)(c1ccccc1)c1ccccc1.[Cl-]. The molecular formula is C26H24ClN2O3PS. The molecule has 0 radical (unpaired) electrons. The number of nitrogens with one attached hydrogen (secondary N) is 1. The Hall–Kier alpha value is -2.92. The normalized spacial score (nSPS) is 10.9. The van der Waals surface area contributed by atoms with E-state index in [4.69, 9.17) is 9.72 Å². The minimum absolute atomic E-state index is 0. The zero-order chi connectivity index (χ0) is 23.3. The summed E-state index contributed by atoms with van der Waals surface area (Å²) in [7, 11) is -1.29. The van der Waals surface area contributed by atoms with Gasteiger partial charge in [0.05, 0.1) is 12.9 Å². The van der Waals surface area contributed by atoms with E-state index in [1.807, 2.05) is 54.6 Å². The Bertz CT molecular complexity index is 1210. The summed E-state index contributed by atoms with van der Waals surface area (Å²) in [6, 6.07) is 30.3. The minimum atomic E-state index is -2.65. The van der Waals surface area contributed by atoms with Crippen molar-refractivity contribution in [2.24, 2.45) is 0 Å². The average molecular weight is 511 g/mol. The largest absolute Gasteiger partial charge is 1.00 e. The predicted octanol–water partition coefficient (Wildman–Crippen LogP) is -0.0332. The second kappa shape index (κ2) is 11.5. The first kappa shape index (κ1) is 25.7. The van der Waals surface area contributed by atoms with E-state index in [0.29, 0.717) is 16.2 Å². The number of aromatic amines is 1. The molecule has 34 heavy (non-hydrogen) atoms. The van der Waals surface area contributed by atoms with Gasteiger partial charge in [-0.25, -0.2) is 4.98 Å². The molecule has 8 heteroatoms. The standard InChI is InChI=1S/C26H23N2O3PS.ClH/c1-19-27-25(30)24(26(28-19)33-18-23(29)31-2)32(20-12-6-3-7-13-20,21-14-8-4-9-15-21)22-16-10-5-11-17-22;/h3-17H,18H2,1-2H3;1H. The van der Waals surface area contributed by atoms with Crippen molar-refractivity contribution in [2.75, 3.05) is 12.9 Å². The van der Waals surface area contributed by atoms with Crippen LogP contribution in [-0.2, 0) is 9.53 Å². The summed E-state index contributed by atoms with van der Waals surface area (Å²) < 4.78 is 4.85. The molecule has 0 spiro atoms. The van der Waals surface area contributed by atoms with Crippen LogP contribution in [0, 0.1) is 6.92 Å². The van der Waals surface area contributed by atoms with Crippen LogP contribution in [0.3, 0.4) is 0 Å². The van der Waals surface area contributed by atoms with Crippen LogP contribution in [0.25, 0.3) is 0 Å². The lowest BCUT2D eigenvalue weighted by Crippen LogP contribution is -3.00. The molecule has 4 aromatic rings. The van der Waals surface area contributed by atoms with Crippen molar-refractivity contribution >= 4 is 46.2 Å². The van der Waals surface area contributed by atoms with Gasteiger partial charge < -0.3 is 22.1 Å². The monoisotopic (exact) mass is 510 g/mol. The van der Waals surface area contributed by atoms with E-state index in [1.54, 1.807) is 6.92 Å². The van der Waals surface area contributed by atoms with Crippen LogP contribution in [-0.4, -0.2) is 28.8 Å². The number of carbonyl (C=O) groups is 1. The smallest absolute Gasteiger partial charge is 0.316 e. The van der Waals surface area contributed by atoms with Gasteiger partial charge in [0.2, 0.25) is 5.30 Å². The average Bonchev–Trinajstić information content (AvgIpc) is 2.86. The van der Waals surface area contributed by atoms with Crippen molar-refractivity contribution < 1.29 is 21.9 Å². The van der Waals surface area contributed by atoms with Crippen molar-refractivity contribution in [2.45, 2.75) is 11.9 Å². The van der Waals surface area contributed by atoms with E-state index in [9.17, 15) is 9.59 Å². The number of H-pyrrole nitrogens is 1. The van der Waals surface area contributed by atoms with Gasteiger partial charge in [-0.1, -0.05) is 66.4 Å². The van der Waals surface area contributed by atoms with Gasteiger partial charge in [0.25, 0.3) is 5.56 Å². The first-order valence-electron chi connectivity index (χ1n) is 10.4. The number of esters is 1. The third-order valence-electron chi connectivity index (χ3n) is 5.30. The van der Waals surface area contributed by atoms with Gasteiger partial charge in [-0.15, -0.1) is 0 Å². The van der Waals surface area contributed by atoms with Crippen molar-refractivity contribution in [3.8, 4) is 0 Å². The summed E-state index contributed by atoms with van der Waals surface area (Å²) in [4.78, 5) is 33.4. The summed E-state index contributed by atoms with van der Waals surface area (Å²) in [6.45, 7) is 1.75. The molecule has 0 atom stereocenters. The van der Waals surface area contributed by atoms with Crippen LogP contribution in [0.15, 0.2) is 101 Å². The molecule has 0 bridgehead atoms. The molecule has 0 unspecified atom stereocenters. The van der Waals surface area contributed by atoms with Gasteiger partial charge in [-0.3, -0.25) is 9.59 Å². The summed E-state index contributed by atoms with van der Waals surface area (Å²) in [5.41, 5.74) is -0.195. The highest BCUT2D eigenvalue weighted by Crippen LogP contribution is 2.54. The van der Waals surface area contributed by atoms with Crippen LogP contribution in [0.2, 0.25) is 0 Å². The van der Waals surface area contributed by atoms with Crippen LogP contribution in [0.1, 0.15) is 5.82 Å². The summed E-state index contributed by atoms with van der Waals surface area (Å²) >= 11 is 1.24. The molecule has 5 nitrogen and oxygen atoms in total. The number of aromatic nitrogens is 2. The molecule has 0 aliphatic rings. The Morgan fingerprint density at radius 2 is 1.32 bits per heavy atom. The van der Waals surface area contributed by atoms with Crippen LogP contribution < -0.4 is 39.2 Å². The van der Waals surface area contributed by atoms with E-state index < -0.39 is 7.26 Å². The van der Waals surface area contributed by atoms with Gasteiger partial charge in [0.15, 0.2) is 7.26 Å². The Morgan fingerprint density at radius 1 is 0.882 bits per heavy atom. The van der Waals surface area contributed by atoms with Crippen LogP contribution in [0.5, 0.6) is 0 Å². The van der Waals surface area contributed by atoms with Gasteiger partial charge in [0, 0.05) is 0 Å². The van der Waals surface area contributed by atoms with E-state index in [0.717, 1.165) is 15.9 Å². The van der Waals surface area contributed by atoms with E-state index in [-0.39, 0.29) is 29.7 Å². The predicted molar refractivity (Wildman–Crippen MR) is 137 cm³/mol. The number of rotatable bonds is 7. The summed E-state index contributed by atoms with van der Waals surface area (Å²) in [5, 5.41) is 4.26. The van der Waals surface area contributed by atoms with Crippen molar-refractivity contribution in [3.05, 3.63) is 107 Å². The third kappa shape index (κ3) is 4.95. The molecule has 1 heterocycles. The van der Waals surface area contributed by atoms with Crippen molar-refractivity contribution in [1.82, 2.24) is 9.97 Å². The van der Waals surface area contributed by atoms with Gasteiger partial charge in [-0.05, 0) is 43.3 Å². The Kier molecular flexibility index (Phi) is 8.67. The molecule has 0 aliphatic carbocycles. The molecule has 1 N–H and O–H groups in total. The maximum atomic E-state index is 13.7. The number of halogens is 1. The van der Waals surface area contributed by atoms with Crippen molar-refractivity contribution in [1.29, 1.82) is 0 Å². The van der Waals surface area contributed by atoms with E-state index in [2.05, 4.69) is 41.4 Å². The maximum absolute atomic E-state index is 13.7. The Labute approximate surface area is 209 Å². The highest BCUT2D eigenvalue weighted by atomic mass is 35.5. The molecule has 3 aromatic carbocycles. The first-order valence-corrected chi connectivity index (χ1v) is 13.2. The second-order valence-corrected chi connectivity index (χ2v) is 11.6. The van der Waals surface area contributed by atoms with Crippen LogP contribution in [0.4, 0.5) is 0 Å². The fraction of sp³-hybridized carbons (Fsp3) is 0.115. The number of carbonyl (C=O) groups excluding carboxylic acids is 1. The number of methoxy groups -OCH3 is 1. The number of ether oxygens (including phenoxy) is 1. The molecule has 0 amide bonds. The highest BCUT2D eigenvalue weighted by Gasteiger charge is 2.52. The fourth-order valence-electron chi connectivity index (χ4n) is 3.93. The number of hydrogen-bond acceptors (Lipinski definition) is 5. The number of hydrogen-bond donors (Lipinski definition) is 1. The molecule has 0 saturated carbocycles. The summed E-state index contributed by atoms with van der Waals surface area (Å²) in [5.74, 6) is 0.203. The molecule has 0 fully saturated rings. The molecule has 0 aliphatic heterocycles. The van der Waals surface area contributed by atoms with Crippen LogP contribution >= 0.6 is 19.0 Å². The maximum Gasteiger partial charge on any atom is 0.316 e. The van der Waals surface area contributed by atoms with Gasteiger partial charge in [0.1, 0.15) is 26.8 Å². The van der Waals surface area contributed by atoms with E-state index in [1.165, 1.54) is 18.9 Å². The summed E-state index contributed by atoms with van der Waals surface area (Å²) in [6.07, 6.45) is 0. The number of nitrogens with zero attached hydrogens (tertiary/aromatic N) is 1. The number of thioether (sulfide) groups is 1. The fourth-order valence-corrected chi connectivity index (χ4v) is 9.56. The zero-order valence-electron chi connectivity index (χ0n) is 18.8. The second-order valence-electron chi connectivity index (χ2n) is 7.35. The lowest BCUT2D eigenvalue weighted by atomic mass is 10.4. The van der Waals surface area contributed by atoms with Gasteiger partial charge in [-0.2, -0.15) is 0 Å². The highest BCUT2D eigenvalue weighted by molar-refractivity contribution is 8.04. The lowest BCUT2D eigenvalue weighted by Gasteiger charge is -2.27. The molecular weight excluding hydrogens is 487 g/mol. The topological polar surface area (TPSA) is 72.0 Å². The zero-order valence-corrected chi connectivity index (χ0v) is 21.2. The Balaban J connectivity index is 0.00000324. The molecule has 4 rings (SSSR count). The molecule has 174 valence electrons.